The molecule has 1 aromatic rings. The van der Waals surface area contributed by atoms with Crippen LogP contribution in [0, 0.1) is 0 Å². The van der Waals surface area contributed by atoms with Crippen LogP contribution in [0.15, 0.2) is 24.3 Å². The number of esters is 1. The number of ether oxygens (including phenoxy) is 2. The van der Waals surface area contributed by atoms with Gasteiger partial charge < -0.3 is 14.6 Å². The Morgan fingerprint density at radius 3 is 2.88 bits per heavy atom. The highest BCUT2D eigenvalue weighted by Crippen LogP contribution is 2.42. The van der Waals surface area contributed by atoms with E-state index in [2.05, 4.69) is 0 Å². The van der Waals surface area contributed by atoms with Crippen LogP contribution in [0.4, 0.5) is 0 Å². The summed E-state index contributed by atoms with van der Waals surface area (Å²) in [6.07, 6.45) is 1.49. The normalized spacial score (nSPS) is 32.1. The molecule has 2 atom stereocenters. The minimum atomic E-state index is -1.16. The smallest absolute Gasteiger partial charge is 0.341 e. The van der Waals surface area contributed by atoms with Crippen LogP contribution in [0.1, 0.15) is 41.3 Å². The molecule has 1 spiro atoms. The highest BCUT2D eigenvalue weighted by Gasteiger charge is 2.49. The van der Waals surface area contributed by atoms with Gasteiger partial charge in [0.1, 0.15) is 6.10 Å². The number of aliphatic hydroxyl groups is 1. The van der Waals surface area contributed by atoms with Gasteiger partial charge in [0.25, 0.3) is 0 Å². The SMILES string of the molecule is O=C1O[C@]2(CCCCO2)[C@H](O)c2ccccc21. The van der Waals surface area contributed by atoms with E-state index in [4.69, 9.17) is 9.47 Å². The zero-order chi connectivity index (χ0) is 11.9. The van der Waals surface area contributed by atoms with E-state index < -0.39 is 17.9 Å². The van der Waals surface area contributed by atoms with E-state index >= 15 is 0 Å². The van der Waals surface area contributed by atoms with Crippen molar-refractivity contribution in [1.29, 1.82) is 0 Å². The molecule has 1 fully saturated rings. The largest absolute Gasteiger partial charge is 0.426 e. The molecule has 0 aliphatic carbocycles. The average molecular weight is 234 g/mol. The molecule has 3 rings (SSSR count). The lowest BCUT2D eigenvalue weighted by atomic mass is 9.89. The Morgan fingerprint density at radius 2 is 2.12 bits per heavy atom. The van der Waals surface area contributed by atoms with Gasteiger partial charge in [0.05, 0.1) is 12.2 Å². The number of benzene rings is 1. The summed E-state index contributed by atoms with van der Waals surface area (Å²) in [5.41, 5.74) is 1.03. The summed E-state index contributed by atoms with van der Waals surface area (Å²) in [5, 5.41) is 10.4. The number of hydrogen-bond donors (Lipinski definition) is 1. The minimum absolute atomic E-state index is 0.409. The lowest BCUT2D eigenvalue weighted by Crippen LogP contribution is -2.49. The van der Waals surface area contributed by atoms with Gasteiger partial charge >= 0.3 is 5.97 Å². The predicted molar refractivity (Wildman–Crippen MR) is 59.4 cm³/mol. The van der Waals surface area contributed by atoms with Gasteiger partial charge in [0, 0.05) is 12.0 Å². The van der Waals surface area contributed by atoms with E-state index in [-0.39, 0.29) is 0 Å². The van der Waals surface area contributed by atoms with Gasteiger partial charge in [0.2, 0.25) is 5.79 Å². The fourth-order valence-electron chi connectivity index (χ4n) is 2.51. The molecule has 2 aliphatic rings. The summed E-state index contributed by atoms with van der Waals surface area (Å²) < 4.78 is 10.9. The number of fused-ring (bicyclic) bond motifs is 1. The van der Waals surface area contributed by atoms with Crippen LogP contribution in [0.2, 0.25) is 0 Å². The number of carbonyl (C=O) groups excluding carboxylic acids is 1. The second-order valence-corrected chi connectivity index (χ2v) is 4.50. The molecule has 17 heavy (non-hydrogen) atoms. The summed E-state index contributed by atoms with van der Waals surface area (Å²) in [4.78, 5) is 11.9. The molecule has 0 bridgehead atoms. The second-order valence-electron chi connectivity index (χ2n) is 4.50. The van der Waals surface area contributed by atoms with E-state index in [1.807, 2.05) is 0 Å². The van der Waals surface area contributed by atoms with Crippen molar-refractivity contribution in [2.75, 3.05) is 6.61 Å². The molecule has 4 nitrogen and oxygen atoms in total. The Balaban J connectivity index is 2.05. The maximum absolute atomic E-state index is 11.9. The molecular weight excluding hydrogens is 220 g/mol. The standard InChI is InChI=1S/C13H14O4/c14-11-9-5-1-2-6-10(9)12(15)17-13(11)7-3-4-8-16-13/h1-2,5-6,11,14H,3-4,7-8H2/t11-,13-/m1/s1. The fraction of sp³-hybridized carbons (Fsp3) is 0.462. The van der Waals surface area contributed by atoms with Crippen molar-refractivity contribution in [2.45, 2.75) is 31.2 Å². The zero-order valence-electron chi connectivity index (χ0n) is 9.39. The highest BCUT2D eigenvalue weighted by atomic mass is 16.7. The van der Waals surface area contributed by atoms with Crippen molar-refractivity contribution >= 4 is 5.97 Å². The molecule has 1 saturated heterocycles. The lowest BCUT2D eigenvalue weighted by molar-refractivity contribution is -0.278. The van der Waals surface area contributed by atoms with Crippen molar-refractivity contribution in [3.8, 4) is 0 Å². The molecule has 0 aromatic heterocycles. The Hall–Kier alpha value is -1.39. The molecule has 2 heterocycles. The number of rotatable bonds is 0. The third-order valence-electron chi connectivity index (χ3n) is 3.42. The molecule has 0 unspecified atom stereocenters. The van der Waals surface area contributed by atoms with Crippen molar-refractivity contribution < 1.29 is 19.4 Å². The van der Waals surface area contributed by atoms with Crippen LogP contribution in [-0.4, -0.2) is 23.5 Å². The summed E-state index contributed by atoms with van der Waals surface area (Å²) in [6, 6.07) is 6.97. The van der Waals surface area contributed by atoms with E-state index in [1.54, 1.807) is 24.3 Å². The lowest BCUT2D eigenvalue weighted by Gasteiger charge is -2.42. The van der Waals surface area contributed by atoms with Crippen LogP contribution in [0.25, 0.3) is 0 Å². The van der Waals surface area contributed by atoms with Crippen molar-refractivity contribution in [2.24, 2.45) is 0 Å². The molecule has 1 aromatic carbocycles. The minimum Gasteiger partial charge on any atom is -0.426 e. The van der Waals surface area contributed by atoms with Gasteiger partial charge in [-0.3, -0.25) is 0 Å². The maximum atomic E-state index is 11.9. The number of aliphatic hydroxyl groups excluding tert-OH is 1. The molecule has 90 valence electrons. The predicted octanol–water partition coefficient (Wildman–Crippen LogP) is 1.79. The summed E-state index contributed by atoms with van der Waals surface area (Å²) in [6.45, 7) is 0.520. The summed E-state index contributed by atoms with van der Waals surface area (Å²) >= 11 is 0. The summed E-state index contributed by atoms with van der Waals surface area (Å²) in [5.74, 6) is -1.57. The molecular formula is C13H14O4. The zero-order valence-corrected chi connectivity index (χ0v) is 9.39. The third-order valence-corrected chi connectivity index (χ3v) is 3.42. The third kappa shape index (κ3) is 1.56. The van der Waals surface area contributed by atoms with E-state index in [0.29, 0.717) is 24.2 Å². The maximum Gasteiger partial charge on any atom is 0.341 e. The molecule has 1 N–H and O–H groups in total. The first-order chi connectivity index (χ1) is 8.23. The van der Waals surface area contributed by atoms with Crippen LogP contribution in [-0.2, 0) is 9.47 Å². The second kappa shape index (κ2) is 3.82. The van der Waals surface area contributed by atoms with Gasteiger partial charge in [-0.1, -0.05) is 18.2 Å². The van der Waals surface area contributed by atoms with Gasteiger partial charge in [-0.15, -0.1) is 0 Å². The van der Waals surface area contributed by atoms with Crippen molar-refractivity contribution in [3.63, 3.8) is 0 Å². The van der Waals surface area contributed by atoms with Crippen molar-refractivity contribution in [3.05, 3.63) is 35.4 Å². The van der Waals surface area contributed by atoms with E-state index in [0.717, 1.165) is 12.8 Å². The molecule has 2 aliphatic heterocycles. The van der Waals surface area contributed by atoms with Gasteiger partial charge in [-0.05, 0) is 18.9 Å². The fourth-order valence-corrected chi connectivity index (χ4v) is 2.51. The topological polar surface area (TPSA) is 55.8 Å². The highest BCUT2D eigenvalue weighted by molar-refractivity contribution is 5.92. The van der Waals surface area contributed by atoms with Gasteiger partial charge in [-0.2, -0.15) is 0 Å². The van der Waals surface area contributed by atoms with Crippen LogP contribution in [0.3, 0.4) is 0 Å². The Kier molecular flexibility index (Phi) is 2.42. The Morgan fingerprint density at radius 1 is 1.29 bits per heavy atom. The molecule has 0 saturated carbocycles. The first-order valence-electron chi connectivity index (χ1n) is 5.87. The van der Waals surface area contributed by atoms with Crippen LogP contribution >= 0.6 is 0 Å². The first kappa shape index (κ1) is 10.7. The summed E-state index contributed by atoms with van der Waals surface area (Å²) in [7, 11) is 0. The first-order valence-corrected chi connectivity index (χ1v) is 5.87. The monoisotopic (exact) mass is 234 g/mol. The van der Waals surface area contributed by atoms with Gasteiger partial charge in [-0.25, -0.2) is 4.79 Å². The van der Waals surface area contributed by atoms with E-state index in [1.165, 1.54) is 0 Å². The van der Waals surface area contributed by atoms with Crippen LogP contribution < -0.4 is 0 Å². The Bertz CT molecular complexity index is 448. The molecule has 0 amide bonds. The Labute approximate surface area is 99.2 Å². The average Bonchev–Trinajstić information content (AvgIpc) is 2.37. The number of carbonyl (C=O) groups is 1. The van der Waals surface area contributed by atoms with Crippen molar-refractivity contribution in [1.82, 2.24) is 0 Å². The van der Waals surface area contributed by atoms with Crippen LogP contribution in [0.5, 0.6) is 0 Å². The van der Waals surface area contributed by atoms with Gasteiger partial charge in [0.15, 0.2) is 0 Å². The molecule has 0 radical (unpaired) electrons. The number of hydrogen-bond acceptors (Lipinski definition) is 4. The van der Waals surface area contributed by atoms with E-state index in [9.17, 15) is 9.90 Å². The molecule has 4 heteroatoms. The quantitative estimate of drug-likeness (QED) is 0.695.